The van der Waals surface area contributed by atoms with Gasteiger partial charge >= 0.3 is 0 Å². The molecular weight excluding hydrogens is 218 g/mol. The van der Waals surface area contributed by atoms with Crippen molar-refractivity contribution in [1.29, 1.82) is 0 Å². The van der Waals surface area contributed by atoms with Gasteiger partial charge in [0, 0.05) is 32.4 Å². The fourth-order valence-electron chi connectivity index (χ4n) is 1.27. The van der Waals surface area contributed by atoms with E-state index < -0.39 is 0 Å². The molecule has 1 aromatic heterocycles. The van der Waals surface area contributed by atoms with Crippen LogP contribution in [0.3, 0.4) is 0 Å². The van der Waals surface area contributed by atoms with Crippen molar-refractivity contribution in [3.63, 3.8) is 0 Å². The summed E-state index contributed by atoms with van der Waals surface area (Å²) in [6.45, 7) is 0. The largest absolute Gasteiger partial charge is 0.508 e. The molecule has 0 aliphatic heterocycles. The van der Waals surface area contributed by atoms with Crippen LogP contribution < -0.4 is 9.64 Å². The summed E-state index contributed by atoms with van der Waals surface area (Å²) in [7, 11) is 3.71. The van der Waals surface area contributed by atoms with Gasteiger partial charge in [0.25, 0.3) is 0 Å². The molecule has 0 atom stereocenters. The second-order valence-corrected chi connectivity index (χ2v) is 3.69. The van der Waals surface area contributed by atoms with Gasteiger partial charge in [-0.2, -0.15) is 4.98 Å². The first-order valence-electron chi connectivity index (χ1n) is 5.12. The van der Waals surface area contributed by atoms with Crippen molar-refractivity contribution in [2.45, 2.75) is 0 Å². The number of ether oxygens (including phenoxy) is 1. The molecule has 88 valence electrons. The van der Waals surface area contributed by atoms with Crippen LogP contribution in [0.1, 0.15) is 0 Å². The molecule has 1 aromatic carbocycles. The number of hydrogen-bond acceptors (Lipinski definition) is 5. The van der Waals surface area contributed by atoms with Crippen molar-refractivity contribution in [2.75, 3.05) is 19.0 Å². The van der Waals surface area contributed by atoms with E-state index in [9.17, 15) is 5.11 Å². The van der Waals surface area contributed by atoms with E-state index in [1.165, 1.54) is 6.07 Å². The molecule has 1 N–H and O–H groups in total. The van der Waals surface area contributed by atoms with Crippen LogP contribution in [0.4, 0.5) is 5.95 Å². The summed E-state index contributed by atoms with van der Waals surface area (Å²) >= 11 is 0. The maximum atomic E-state index is 9.31. The molecule has 0 saturated carbocycles. The highest BCUT2D eigenvalue weighted by Crippen LogP contribution is 2.23. The normalized spacial score (nSPS) is 10.0. The first-order valence-corrected chi connectivity index (χ1v) is 5.12. The molecule has 5 nitrogen and oxygen atoms in total. The molecule has 0 aliphatic carbocycles. The number of nitrogens with zero attached hydrogens (tertiary/aromatic N) is 3. The van der Waals surface area contributed by atoms with Gasteiger partial charge in [-0.3, -0.25) is 0 Å². The van der Waals surface area contributed by atoms with Crippen molar-refractivity contribution in [3.8, 4) is 17.4 Å². The maximum Gasteiger partial charge on any atom is 0.228 e. The summed E-state index contributed by atoms with van der Waals surface area (Å²) in [4.78, 5) is 10.1. The van der Waals surface area contributed by atoms with Crippen LogP contribution in [0, 0.1) is 0 Å². The Labute approximate surface area is 99.3 Å². The summed E-state index contributed by atoms with van der Waals surface area (Å²) in [6.07, 6.45) is 1.63. The van der Waals surface area contributed by atoms with Crippen LogP contribution in [0.15, 0.2) is 36.5 Å². The Morgan fingerprint density at radius 3 is 2.76 bits per heavy atom. The predicted molar refractivity (Wildman–Crippen MR) is 64.5 cm³/mol. The van der Waals surface area contributed by atoms with Gasteiger partial charge in [-0.05, 0) is 12.1 Å². The molecule has 0 aliphatic rings. The topological polar surface area (TPSA) is 58.5 Å². The Morgan fingerprint density at radius 2 is 2.06 bits per heavy atom. The standard InChI is InChI=1S/C12H13N3O2/c1-15(2)12-13-7-6-11(14-12)17-10-5-3-4-9(16)8-10/h3-8,16H,1-2H3. The molecule has 2 aromatic rings. The zero-order chi connectivity index (χ0) is 12.3. The number of benzene rings is 1. The summed E-state index contributed by atoms with van der Waals surface area (Å²) in [5.74, 6) is 1.70. The van der Waals surface area contributed by atoms with E-state index in [0.717, 1.165) is 0 Å². The highest BCUT2D eigenvalue weighted by Gasteiger charge is 2.03. The van der Waals surface area contributed by atoms with Crippen LogP contribution in [-0.4, -0.2) is 29.2 Å². The number of aromatic hydroxyl groups is 1. The SMILES string of the molecule is CN(C)c1nccc(Oc2cccc(O)c2)n1. The van der Waals surface area contributed by atoms with Gasteiger partial charge in [0.15, 0.2) is 0 Å². The molecule has 5 heteroatoms. The minimum absolute atomic E-state index is 0.157. The van der Waals surface area contributed by atoms with Gasteiger partial charge < -0.3 is 14.7 Å². The van der Waals surface area contributed by atoms with E-state index in [1.54, 1.807) is 35.4 Å². The van der Waals surface area contributed by atoms with Gasteiger partial charge in [0.05, 0.1) is 0 Å². The van der Waals surface area contributed by atoms with E-state index in [1.807, 2.05) is 14.1 Å². The monoisotopic (exact) mass is 231 g/mol. The third kappa shape index (κ3) is 2.84. The molecule has 0 amide bonds. The zero-order valence-electron chi connectivity index (χ0n) is 9.66. The molecule has 0 saturated heterocycles. The van der Waals surface area contributed by atoms with Crippen molar-refractivity contribution in [3.05, 3.63) is 36.5 Å². The van der Waals surface area contributed by atoms with Crippen LogP contribution in [-0.2, 0) is 0 Å². The zero-order valence-corrected chi connectivity index (χ0v) is 9.66. The summed E-state index contributed by atoms with van der Waals surface area (Å²) in [5.41, 5.74) is 0. The molecule has 0 fully saturated rings. The fraction of sp³-hybridized carbons (Fsp3) is 0.167. The van der Waals surface area contributed by atoms with Crippen molar-refractivity contribution in [2.24, 2.45) is 0 Å². The minimum atomic E-state index is 0.157. The number of anilines is 1. The number of aromatic nitrogens is 2. The fourth-order valence-corrected chi connectivity index (χ4v) is 1.27. The Bertz CT molecular complexity index is 515. The lowest BCUT2D eigenvalue weighted by molar-refractivity contribution is 0.445. The first kappa shape index (κ1) is 11.2. The predicted octanol–water partition coefficient (Wildman–Crippen LogP) is 2.04. The number of rotatable bonds is 3. The lowest BCUT2D eigenvalue weighted by Gasteiger charge is -2.11. The number of phenols is 1. The average Bonchev–Trinajstić information content (AvgIpc) is 2.29. The molecule has 0 bridgehead atoms. The molecule has 0 unspecified atom stereocenters. The van der Waals surface area contributed by atoms with Gasteiger partial charge in [0.2, 0.25) is 11.8 Å². The van der Waals surface area contributed by atoms with E-state index >= 15 is 0 Å². The second-order valence-electron chi connectivity index (χ2n) is 3.69. The smallest absolute Gasteiger partial charge is 0.228 e. The Kier molecular flexibility index (Phi) is 3.09. The van der Waals surface area contributed by atoms with Gasteiger partial charge in [-0.1, -0.05) is 6.07 Å². The third-order valence-electron chi connectivity index (χ3n) is 2.06. The molecule has 1 heterocycles. The van der Waals surface area contributed by atoms with E-state index in [2.05, 4.69) is 9.97 Å². The lowest BCUT2D eigenvalue weighted by Crippen LogP contribution is -2.12. The highest BCUT2D eigenvalue weighted by molar-refractivity contribution is 5.36. The van der Waals surface area contributed by atoms with Gasteiger partial charge in [0.1, 0.15) is 11.5 Å². The minimum Gasteiger partial charge on any atom is -0.508 e. The lowest BCUT2D eigenvalue weighted by atomic mass is 10.3. The van der Waals surface area contributed by atoms with E-state index in [0.29, 0.717) is 17.6 Å². The first-order chi connectivity index (χ1) is 8.15. The molecular formula is C12H13N3O2. The van der Waals surface area contributed by atoms with Crippen molar-refractivity contribution < 1.29 is 9.84 Å². The van der Waals surface area contributed by atoms with Crippen LogP contribution in [0.25, 0.3) is 0 Å². The number of hydrogen-bond donors (Lipinski definition) is 1. The van der Waals surface area contributed by atoms with Crippen molar-refractivity contribution >= 4 is 5.95 Å². The maximum absolute atomic E-state index is 9.31. The Balaban J connectivity index is 2.21. The molecule has 2 rings (SSSR count). The van der Waals surface area contributed by atoms with E-state index in [4.69, 9.17) is 4.74 Å². The van der Waals surface area contributed by atoms with E-state index in [-0.39, 0.29) is 5.75 Å². The summed E-state index contributed by atoms with van der Waals surface area (Å²) in [6, 6.07) is 8.22. The van der Waals surface area contributed by atoms with Crippen LogP contribution in [0.2, 0.25) is 0 Å². The summed E-state index contributed by atoms with van der Waals surface area (Å²) < 4.78 is 5.51. The Morgan fingerprint density at radius 1 is 1.24 bits per heavy atom. The quantitative estimate of drug-likeness (QED) is 0.876. The second kappa shape index (κ2) is 4.69. The van der Waals surface area contributed by atoms with Crippen LogP contribution in [0.5, 0.6) is 17.4 Å². The van der Waals surface area contributed by atoms with Gasteiger partial charge in [-0.25, -0.2) is 4.98 Å². The third-order valence-corrected chi connectivity index (χ3v) is 2.06. The average molecular weight is 231 g/mol. The Hall–Kier alpha value is -2.30. The summed E-state index contributed by atoms with van der Waals surface area (Å²) in [5, 5.41) is 9.31. The van der Waals surface area contributed by atoms with Gasteiger partial charge in [-0.15, -0.1) is 0 Å². The van der Waals surface area contributed by atoms with Crippen molar-refractivity contribution in [1.82, 2.24) is 9.97 Å². The highest BCUT2D eigenvalue weighted by atomic mass is 16.5. The van der Waals surface area contributed by atoms with Crippen LogP contribution >= 0.6 is 0 Å². The number of phenolic OH excluding ortho intramolecular Hbond substituents is 1. The molecule has 17 heavy (non-hydrogen) atoms. The molecule has 0 radical (unpaired) electrons. The molecule has 0 spiro atoms.